The fraction of sp³-hybridized carbons (Fsp3) is 0.467. The number of benzene rings is 1. The van der Waals surface area contributed by atoms with E-state index < -0.39 is 9.84 Å². The summed E-state index contributed by atoms with van der Waals surface area (Å²) in [6, 6.07) is 4.75. The van der Waals surface area contributed by atoms with Crippen LogP contribution in [-0.2, 0) is 16.4 Å². The van der Waals surface area contributed by atoms with Crippen LogP contribution in [0.3, 0.4) is 0 Å². The zero-order chi connectivity index (χ0) is 15.3. The molecule has 0 spiro atoms. The van der Waals surface area contributed by atoms with E-state index in [0.29, 0.717) is 31.6 Å². The summed E-state index contributed by atoms with van der Waals surface area (Å²) in [5.74, 6) is 5.38. The zero-order valence-electron chi connectivity index (χ0n) is 11.7. The average molecular weight is 311 g/mol. The molecule has 1 N–H and O–H groups in total. The Morgan fingerprint density at radius 1 is 1.29 bits per heavy atom. The summed E-state index contributed by atoms with van der Waals surface area (Å²) < 4.78 is 36.4. The van der Waals surface area contributed by atoms with E-state index in [2.05, 4.69) is 11.8 Å². The monoisotopic (exact) mass is 311 g/mol. The van der Waals surface area contributed by atoms with Crippen LogP contribution in [0.15, 0.2) is 18.2 Å². The second kappa shape index (κ2) is 7.03. The summed E-state index contributed by atoms with van der Waals surface area (Å²) in [5.41, 5.74) is 1.22. The van der Waals surface area contributed by atoms with Gasteiger partial charge in [0.25, 0.3) is 0 Å². The second-order valence-corrected chi connectivity index (χ2v) is 7.32. The highest BCUT2D eigenvalue weighted by atomic mass is 32.2. The maximum atomic E-state index is 13.6. The van der Waals surface area contributed by atoms with Crippen molar-refractivity contribution in [3.63, 3.8) is 0 Å². The first-order valence-electron chi connectivity index (χ1n) is 6.81. The van der Waals surface area contributed by atoms with Gasteiger partial charge in [0.05, 0.1) is 23.7 Å². The molecule has 6 heteroatoms. The normalized spacial score (nSPS) is 18.0. The molecule has 0 atom stereocenters. The molecule has 0 amide bonds. The van der Waals surface area contributed by atoms with Crippen molar-refractivity contribution < 1.29 is 17.9 Å². The first-order valence-corrected chi connectivity index (χ1v) is 8.63. The number of rotatable bonds is 3. The second-order valence-electron chi connectivity index (χ2n) is 5.02. The summed E-state index contributed by atoms with van der Waals surface area (Å²) in [4.78, 5) is 2.04. The number of aliphatic hydroxyl groups excluding tert-OH is 1. The molecule has 1 heterocycles. The van der Waals surface area contributed by atoms with Crippen LogP contribution in [0.4, 0.5) is 4.39 Å². The van der Waals surface area contributed by atoms with Gasteiger partial charge in [-0.3, -0.25) is 4.90 Å². The lowest BCUT2D eigenvalue weighted by atomic mass is 10.1. The fourth-order valence-electron chi connectivity index (χ4n) is 2.15. The lowest BCUT2D eigenvalue weighted by molar-refractivity contribution is 0.287. The quantitative estimate of drug-likeness (QED) is 0.839. The number of nitrogens with zero attached hydrogens (tertiary/aromatic N) is 1. The molecule has 0 radical (unpaired) electrons. The number of sulfone groups is 1. The van der Waals surface area contributed by atoms with Gasteiger partial charge in [-0.05, 0) is 17.7 Å². The van der Waals surface area contributed by atoms with Crippen molar-refractivity contribution in [1.82, 2.24) is 4.90 Å². The Kier molecular flexibility index (Phi) is 5.34. The average Bonchev–Trinajstić information content (AvgIpc) is 2.45. The molecule has 1 aromatic carbocycles. The summed E-state index contributed by atoms with van der Waals surface area (Å²) >= 11 is 0. The van der Waals surface area contributed by atoms with E-state index in [1.165, 1.54) is 6.07 Å². The molecule has 0 saturated carbocycles. The van der Waals surface area contributed by atoms with E-state index in [-0.39, 0.29) is 23.9 Å². The molecule has 0 aliphatic carbocycles. The molecule has 1 aliphatic rings. The van der Waals surface area contributed by atoms with Crippen LogP contribution in [0.1, 0.15) is 17.5 Å². The standard InChI is InChI=1S/C15H18FNO3S/c16-15-5-4-13(11-14(15)3-1-2-8-18)12-17-6-9-21(19,20)10-7-17/h4-5,11,18H,2,6-10,12H2. The molecule has 2 rings (SSSR count). The minimum atomic E-state index is -2.89. The van der Waals surface area contributed by atoms with Crippen LogP contribution in [-0.4, -0.2) is 49.6 Å². The Morgan fingerprint density at radius 3 is 2.67 bits per heavy atom. The van der Waals surface area contributed by atoms with Crippen molar-refractivity contribution in [3.05, 3.63) is 35.1 Å². The molecule has 1 aliphatic heterocycles. The number of halogens is 1. The Bertz CT molecular complexity index is 647. The molecular weight excluding hydrogens is 293 g/mol. The van der Waals surface area contributed by atoms with Crippen LogP contribution >= 0.6 is 0 Å². The molecule has 1 aromatic rings. The third-order valence-electron chi connectivity index (χ3n) is 3.33. The van der Waals surface area contributed by atoms with Gasteiger partial charge in [0, 0.05) is 26.1 Å². The van der Waals surface area contributed by atoms with E-state index in [1.54, 1.807) is 12.1 Å². The highest BCUT2D eigenvalue weighted by Gasteiger charge is 2.21. The first-order chi connectivity index (χ1) is 10.00. The van der Waals surface area contributed by atoms with Crippen molar-refractivity contribution in [2.24, 2.45) is 0 Å². The van der Waals surface area contributed by atoms with Gasteiger partial charge < -0.3 is 5.11 Å². The lowest BCUT2D eigenvalue weighted by Crippen LogP contribution is -2.39. The smallest absolute Gasteiger partial charge is 0.152 e. The third-order valence-corrected chi connectivity index (χ3v) is 4.94. The van der Waals surface area contributed by atoms with Gasteiger partial charge >= 0.3 is 0 Å². The maximum Gasteiger partial charge on any atom is 0.152 e. The van der Waals surface area contributed by atoms with E-state index in [4.69, 9.17) is 5.11 Å². The Labute approximate surface area is 124 Å². The highest BCUT2D eigenvalue weighted by Crippen LogP contribution is 2.14. The van der Waals surface area contributed by atoms with Crippen LogP contribution in [0.5, 0.6) is 0 Å². The molecule has 114 valence electrons. The van der Waals surface area contributed by atoms with Gasteiger partial charge in [0.1, 0.15) is 5.82 Å². The summed E-state index contributed by atoms with van der Waals surface area (Å²) in [6.45, 7) is 1.55. The summed E-state index contributed by atoms with van der Waals surface area (Å²) in [6.07, 6.45) is 0.313. The van der Waals surface area contributed by atoms with E-state index >= 15 is 0 Å². The van der Waals surface area contributed by atoms with Gasteiger partial charge in [0.15, 0.2) is 9.84 Å². The van der Waals surface area contributed by atoms with Crippen molar-refractivity contribution in [2.45, 2.75) is 13.0 Å². The van der Waals surface area contributed by atoms with Gasteiger partial charge in [0.2, 0.25) is 0 Å². The van der Waals surface area contributed by atoms with Crippen molar-refractivity contribution in [3.8, 4) is 11.8 Å². The Hall–Kier alpha value is -1.42. The van der Waals surface area contributed by atoms with Crippen molar-refractivity contribution in [2.75, 3.05) is 31.2 Å². The maximum absolute atomic E-state index is 13.6. The van der Waals surface area contributed by atoms with E-state index in [0.717, 1.165) is 5.56 Å². The predicted molar refractivity (Wildman–Crippen MR) is 78.9 cm³/mol. The minimum absolute atomic E-state index is 0.0451. The first kappa shape index (κ1) is 16.0. The largest absolute Gasteiger partial charge is 0.395 e. The van der Waals surface area contributed by atoms with Crippen LogP contribution in [0, 0.1) is 17.7 Å². The van der Waals surface area contributed by atoms with Crippen LogP contribution < -0.4 is 0 Å². The predicted octanol–water partition coefficient (Wildman–Crippen LogP) is 0.790. The van der Waals surface area contributed by atoms with Gasteiger partial charge in [-0.1, -0.05) is 17.9 Å². The number of hydrogen-bond donors (Lipinski definition) is 1. The molecule has 0 bridgehead atoms. The molecule has 1 saturated heterocycles. The van der Waals surface area contributed by atoms with Crippen molar-refractivity contribution in [1.29, 1.82) is 0 Å². The molecular formula is C15H18FNO3S. The Morgan fingerprint density at radius 2 is 2.00 bits per heavy atom. The van der Waals surface area contributed by atoms with Crippen LogP contribution in [0.2, 0.25) is 0 Å². The zero-order valence-corrected chi connectivity index (χ0v) is 12.5. The van der Waals surface area contributed by atoms with Gasteiger partial charge in [-0.25, -0.2) is 12.8 Å². The SMILES string of the molecule is O=S1(=O)CCN(Cc2ccc(F)c(C#CCCO)c2)CC1. The molecule has 0 aromatic heterocycles. The molecule has 21 heavy (non-hydrogen) atoms. The van der Waals surface area contributed by atoms with Crippen LogP contribution in [0.25, 0.3) is 0 Å². The van der Waals surface area contributed by atoms with Crippen molar-refractivity contribution >= 4 is 9.84 Å². The van der Waals surface area contributed by atoms with E-state index in [9.17, 15) is 12.8 Å². The van der Waals surface area contributed by atoms with E-state index in [1.807, 2.05) is 4.90 Å². The fourth-order valence-corrected chi connectivity index (χ4v) is 3.42. The van der Waals surface area contributed by atoms with Gasteiger partial charge in [-0.2, -0.15) is 0 Å². The number of aliphatic hydroxyl groups is 1. The third kappa shape index (κ3) is 4.81. The lowest BCUT2D eigenvalue weighted by Gasteiger charge is -2.26. The summed E-state index contributed by atoms with van der Waals surface area (Å²) in [7, 11) is -2.89. The highest BCUT2D eigenvalue weighted by molar-refractivity contribution is 7.91. The molecule has 1 fully saturated rings. The topological polar surface area (TPSA) is 57.6 Å². The Balaban J connectivity index is 2.04. The van der Waals surface area contributed by atoms with Gasteiger partial charge in [-0.15, -0.1) is 0 Å². The summed E-state index contributed by atoms with van der Waals surface area (Å²) in [5, 5.41) is 8.67. The molecule has 4 nitrogen and oxygen atoms in total. The molecule has 0 unspecified atom stereocenters. The number of hydrogen-bond acceptors (Lipinski definition) is 4. The minimum Gasteiger partial charge on any atom is -0.395 e.